The van der Waals surface area contributed by atoms with Crippen LogP contribution in [0.25, 0.3) is 0 Å². The third-order valence-corrected chi connectivity index (χ3v) is 2.82. The van der Waals surface area contributed by atoms with Crippen molar-refractivity contribution < 1.29 is 0 Å². The normalized spacial score (nSPS) is 11.3. The molecule has 0 aliphatic heterocycles. The van der Waals surface area contributed by atoms with Crippen molar-refractivity contribution in [2.24, 2.45) is 5.92 Å². The van der Waals surface area contributed by atoms with Crippen LogP contribution in [0.4, 0.5) is 5.69 Å². The van der Waals surface area contributed by atoms with Crippen LogP contribution in [0.3, 0.4) is 0 Å². The van der Waals surface area contributed by atoms with Crippen molar-refractivity contribution in [2.75, 3.05) is 18.4 Å². The van der Waals surface area contributed by atoms with E-state index in [1.54, 1.807) is 0 Å². The van der Waals surface area contributed by atoms with Crippen molar-refractivity contribution in [1.29, 1.82) is 0 Å². The molecule has 0 spiro atoms. The Balaban J connectivity index is 2.81. The second-order valence-electron chi connectivity index (χ2n) is 5.69. The number of aromatic nitrogens is 2. The molecule has 0 amide bonds. The molecule has 0 aromatic carbocycles. The summed E-state index contributed by atoms with van der Waals surface area (Å²) in [4.78, 5) is 9.13. The largest absolute Gasteiger partial charge is 0.382 e. The van der Waals surface area contributed by atoms with Crippen LogP contribution in [-0.4, -0.2) is 23.1 Å². The SMILES string of the molecule is CCCNCc1nc(C(C)C)ncc1NCC(C)C. The van der Waals surface area contributed by atoms with E-state index in [1.165, 1.54) is 0 Å². The van der Waals surface area contributed by atoms with Gasteiger partial charge in [-0.3, -0.25) is 0 Å². The summed E-state index contributed by atoms with van der Waals surface area (Å²) in [7, 11) is 0. The second-order valence-corrected chi connectivity index (χ2v) is 5.69. The van der Waals surface area contributed by atoms with Crippen LogP contribution in [0.1, 0.15) is 58.5 Å². The van der Waals surface area contributed by atoms with E-state index in [4.69, 9.17) is 0 Å². The van der Waals surface area contributed by atoms with Gasteiger partial charge in [-0.2, -0.15) is 0 Å². The first-order chi connectivity index (χ1) is 9.04. The molecule has 1 heterocycles. The fourth-order valence-electron chi connectivity index (χ4n) is 1.69. The van der Waals surface area contributed by atoms with E-state index >= 15 is 0 Å². The molecule has 0 radical (unpaired) electrons. The number of hydrogen-bond acceptors (Lipinski definition) is 4. The monoisotopic (exact) mass is 264 g/mol. The lowest BCUT2D eigenvalue weighted by molar-refractivity contribution is 0.649. The summed E-state index contributed by atoms with van der Waals surface area (Å²) >= 11 is 0. The molecular weight excluding hydrogens is 236 g/mol. The molecule has 0 aliphatic carbocycles. The molecule has 19 heavy (non-hydrogen) atoms. The standard InChI is InChI=1S/C15H28N4/c1-6-7-16-9-14-13(17-8-11(2)3)10-18-15(19-14)12(4)5/h10-12,16-17H,6-9H2,1-5H3. The maximum Gasteiger partial charge on any atom is 0.131 e. The zero-order valence-corrected chi connectivity index (χ0v) is 13.0. The lowest BCUT2D eigenvalue weighted by Gasteiger charge is -2.15. The summed E-state index contributed by atoms with van der Waals surface area (Å²) in [5, 5.41) is 6.86. The minimum Gasteiger partial charge on any atom is -0.382 e. The molecule has 0 aliphatic rings. The summed E-state index contributed by atoms with van der Waals surface area (Å²) in [5.74, 6) is 1.90. The average molecular weight is 264 g/mol. The van der Waals surface area contributed by atoms with Gasteiger partial charge in [-0.15, -0.1) is 0 Å². The molecule has 1 aromatic heterocycles. The zero-order chi connectivity index (χ0) is 14.3. The number of rotatable bonds is 8. The predicted molar refractivity (Wildman–Crippen MR) is 81.4 cm³/mol. The third kappa shape index (κ3) is 5.55. The van der Waals surface area contributed by atoms with Crippen LogP contribution in [-0.2, 0) is 6.54 Å². The Morgan fingerprint density at radius 2 is 1.95 bits per heavy atom. The van der Waals surface area contributed by atoms with Gasteiger partial charge in [0, 0.05) is 19.0 Å². The number of nitrogens with one attached hydrogen (secondary N) is 2. The van der Waals surface area contributed by atoms with Gasteiger partial charge < -0.3 is 10.6 Å². The van der Waals surface area contributed by atoms with Crippen LogP contribution in [0.5, 0.6) is 0 Å². The smallest absolute Gasteiger partial charge is 0.131 e. The van der Waals surface area contributed by atoms with Crippen LogP contribution in [0, 0.1) is 5.92 Å². The summed E-state index contributed by atoms with van der Waals surface area (Å²) in [6.45, 7) is 13.6. The van der Waals surface area contributed by atoms with Crippen molar-refractivity contribution in [3.63, 3.8) is 0 Å². The fraction of sp³-hybridized carbons (Fsp3) is 0.733. The maximum absolute atomic E-state index is 4.69. The number of hydrogen-bond donors (Lipinski definition) is 2. The second kappa shape index (κ2) is 8.10. The highest BCUT2D eigenvalue weighted by molar-refractivity contribution is 5.46. The van der Waals surface area contributed by atoms with Crippen molar-refractivity contribution in [1.82, 2.24) is 15.3 Å². The van der Waals surface area contributed by atoms with Crippen molar-refractivity contribution >= 4 is 5.69 Å². The molecule has 0 bridgehead atoms. The Hall–Kier alpha value is -1.16. The third-order valence-electron chi connectivity index (χ3n) is 2.82. The molecule has 0 atom stereocenters. The fourth-order valence-corrected chi connectivity index (χ4v) is 1.69. The molecule has 0 fully saturated rings. The summed E-state index contributed by atoms with van der Waals surface area (Å²) < 4.78 is 0. The molecule has 0 unspecified atom stereocenters. The first-order valence-corrected chi connectivity index (χ1v) is 7.35. The molecule has 1 rings (SSSR count). The molecule has 0 saturated heterocycles. The summed E-state index contributed by atoms with van der Waals surface area (Å²) in [5.41, 5.74) is 2.13. The Bertz CT molecular complexity index is 374. The highest BCUT2D eigenvalue weighted by atomic mass is 15.0. The zero-order valence-electron chi connectivity index (χ0n) is 13.0. The highest BCUT2D eigenvalue weighted by Gasteiger charge is 2.09. The van der Waals surface area contributed by atoms with Crippen molar-refractivity contribution in [3.05, 3.63) is 17.7 Å². The lowest BCUT2D eigenvalue weighted by Crippen LogP contribution is -2.19. The van der Waals surface area contributed by atoms with Crippen LogP contribution in [0.2, 0.25) is 0 Å². The van der Waals surface area contributed by atoms with Crippen molar-refractivity contribution in [3.8, 4) is 0 Å². The number of anilines is 1. The van der Waals surface area contributed by atoms with Gasteiger partial charge in [-0.25, -0.2) is 9.97 Å². The first kappa shape index (κ1) is 15.9. The van der Waals surface area contributed by atoms with E-state index in [-0.39, 0.29) is 0 Å². The van der Waals surface area contributed by atoms with E-state index in [0.717, 1.165) is 43.3 Å². The summed E-state index contributed by atoms with van der Waals surface area (Å²) in [6.07, 6.45) is 3.06. The average Bonchev–Trinajstić information content (AvgIpc) is 2.37. The Morgan fingerprint density at radius 3 is 2.53 bits per heavy atom. The lowest BCUT2D eigenvalue weighted by atomic mass is 10.2. The van der Waals surface area contributed by atoms with Gasteiger partial charge in [0.1, 0.15) is 5.82 Å². The molecule has 2 N–H and O–H groups in total. The first-order valence-electron chi connectivity index (χ1n) is 7.35. The van der Waals surface area contributed by atoms with E-state index in [9.17, 15) is 0 Å². The minimum atomic E-state index is 0.365. The molecule has 0 saturated carbocycles. The molecule has 4 heteroatoms. The molecular formula is C15H28N4. The molecule has 1 aromatic rings. The topological polar surface area (TPSA) is 49.8 Å². The van der Waals surface area contributed by atoms with E-state index in [0.29, 0.717) is 11.8 Å². The Labute approximate surface area is 117 Å². The Morgan fingerprint density at radius 1 is 1.21 bits per heavy atom. The van der Waals surface area contributed by atoms with Gasteiger partial charge in [-0.05, 0) is 18.9 Å². The summed E-state index contributed by atoms with van der Waals surface area (Å²) in [6, 6.07) is 0. The maximum atomic E-state index is 4.69. The van der Waals surface area contributed by atoms with Crippen molar-refractivity contribution in [2.45, 2.75) is 53.5 Å². The van der Waals surface area contributed by atoms with Gasteiger partial charge in [0.25, 0.3) is 0 Å². The van der Waals surface area contributed by atoms with E-state index in [1.807, 2.05) is 6.20 Å². The van der Waals surface area contributed by atoms with Crippen LogP contribution in [0.15, 0.2) is 6.20 Å². The molecule has 4 nitrogen and oxygen atoms in total. The van der Waals surface area contributed by atoms with E-state index < -0.39 is 0 Å². The van der Waals surface area contributed by atoms with Gasteiger partial charge in [0.15, 0.2) is 0 Å². The van der Waals surface area contributed by atoms with Crippen LogP contribution < -0.4 is 10.6 Å². The van der Waals surface area contributed by atoms with Crippen LogP contribution >= 0.6 is 0 Å². The minimum absolute atomic E-state index is 0.365. The quantitative estimate of drug-likeness (QED) is 0.708. The van der Waals surface area contributed by atoms with Gasteiger partial charge in [0.05, 0.1) is 17.6 Å². The Kier molecular flexibility index (Phi) is 6.78. The van der Waals surface area contributed by atoms with Gasteiger partial charge >= 0.3 is 0 Å². The predicted octanol–water partition coefficient (Wildman–Crippen LogP) is 3.17. The highest BCUT2D eigenvalue weighted by Crippen LogP contribution is 2.16. The molecule has 108 valence electrons. The van der Waals surface area contributed by atoms with E-state index in [2.05, 4.69) is 55.2 Å². The number of nitrogens with zero attached hydrogens (tertiary/aromatic N) is 2. The van der Waals surface area contributed by atoms with Gasteiger partial charge in [-0.1, -0.05) is 34.6 Å². The van der Waals surface area contributed by atoms with Gasteiger partial charge in [0.2, 0.25) is 0 Å².